The van der Waals surface area contributed by atoms with E-state index in [0.717, 1.165) is 19.9 Å². The zero-order valence-corrected chi connectivity index (χ0v) is 16.2. The van der Waals surface area contributed by atoms with E-state index in [1.54, 1.807) is 24.6 Å². The molecule has 0 bridgehead atoms. The first-order chi connectivity index (χ1) is 11.6. The molecular formula is C16H14BrN3O2S2. The largest absolute Gasteiger partial charge is 0.468 e. The highest BCUT2D eigenvalue weighted by Gasteiger charge is 2.20. The maximum absolute atomic E-state index is 11.6. The SMILES string of the molecule is COC(=O)C(C)Sc1nncn1-c1cc(Br)c(-c2ccccc2)s1. The second-order valence-electron chi connectivity index (χ2n) is 4.89. The molecule has 0 radical (unpaired) electrons. The van der Waals surface area contributed by atoms with Gasteiger partial charge >= 0.3 is 5.97 Å². The lowest BCUT2D eigenvalue weighted by Crippen LogP contribution is -2.15. The summed E-state index contributed by atoms with van der Waals surface area (Å²) in [5.74, 6) is -0.285. The van der Waals surface area contributed by atoms with Gasteiger partial charge in [0.2, 0.25) is 0 Å². The van der Waals surface area contributed by atoms with Gasteiger partial charge in [-0.3, -0.25) is 9.36 Å². The topological polar surface area (TPSA) is 57.0 Å². The van der Waals surface area contributed by atoms with Crippen molar-refractivity contribution in [2.45, 2.75) is 17.3 Å². The van der Waals surface area contributed by atoms with Gasteiger partial charge in [0.1, 0.15) is 16.6 Å². The summed E-state index contributed by atoms with van der Waals surface area (Å²) in [4.78, 5) is 12.8. The fraction of sp³-hybridized carbons (Fsp3) is 0.188. The predicted octanol–water partition coefficient (Wildman–Crippen LogP) is 4.41. The number of benzene rings is 1. The third kappa shape index (κ3) is 3.55. The lowest BCUT2D eigenvalue weighted by molar-refractivity contribution is -0.139. The summed E-state index contributed by atoms with van der Waals surface area (Å²) in [7, 11) is 1.38. The Morgan fingerprint density at radius 3 is 2.83 bits per heavy atom. The minimum atomic E-state index is -0.352. The summed E-state index contributed by atoms with van der Waals surface area (Å²) in [5, 5.41) is 9.38. The number of rotatable bonds is 5. The van der Waals surface area contributed by atoms with Crippen molar-refractivity contribution in [1.29, 1.82) is 0 Å². The number of thioether (sulfide) groups is 1. The molecule has 1 aromatic carbocycles. The van der Waals surface area contributed by atoms with E-state index in [1.807, 2.05) is 28.8 Å². The number of methoxy groups -OCH3 is 1. The van der Waals surface area contributed by atoms with Crippen LogP contribution in [0.25, 0.3) is 15.4 Å². The van der Waals surface area contributed by atoms with E-state index < -0.39 is 0 Å². The van der Waals surface area contributed by atoms with Gasteiger partial charge in [0.15, 0.2) is 5.16 Å². The number of thiophene rings is 1. The highest BCUT2D eigenvalue weighted by atomic mass is 79.9. The van der Waals surface area contributed by atoms with E-state index >= 15 is 0 Å². The lowest BCUT2D eigenvalue weighted by atomic mass is 10.2. The van der Waals surface area contributed by atoms with Crippen molar-refractivity contribution in [1.82, 2.24) is 14.8 Å². The van der Waals surface area contributed by atoms with Gasteiger partial charge in [-0.1, -0.05) is 42.1 Å². The molecule has 1 unspecified atom stereocenters. The molecule has 0 N–H and O–H groups in total. The van der Waals surface area contributed by atoms with Crippen LogP contribution in [0.2, 0.25) is 0 Å². The van der Waals surface area contributed by atoms with Gasteiger partial charge in [0.05, 0.1) is 12.0 Å². The van der Waals surface area contributed by atoms with Crippen LogP contribution in [0.15, 0.2) is 52.4 Å². The van der Waals surface area contributed by atoms with Gasteiger partial charge in [-0.2, -0.15) is 0 Å². The number of halogens is 1. The Hall–Kier alpha value is -1.64. The molecule has 3 rings (SSSR count). The molecule has 124 valence electrons. The standard InChI is InChI=1S/C16H14BrN3O2S2/c1-10(15(21)22-2)23-16-19-18-9-20(16)13-8-12(17)14(24-13)11-6-4-3-5-7-11/h3-10H,1-2H3. The normalized spacial score (nSPS) is 12.1. The predicted molar refractivity (Wildman–Crippen MR) is 99.7 cm³/mol. The van der Waals surface area contributed by atoms with Crippen LogP contribution >= 0.6 is 39.0 Å². The summed E-state index contributed by atoms with van der Waals surface area (Å²) in [5.41, 5.74) is 1.14. The number of aromatic nitrogens is 3. The van der Waals surface area contributed by atoms with Gasteiger partial charge in [0, 0.05) is 4.47 Å². The van der Waals surface area contributed by atoms with Gasteiger partial charge in [-0.25, -0.2) is 0 Å². The molecule has 24 heavy (non-hydrogen) atoms. The number of carbonyl (C=O) groups is 1. The average Bonchev–Trinajstić information content (AvgIpc) is 3.21. The van der Waals surface area contributed by atoms with Crippen molar-refractivity contribution in [2.75, 3.05) is 7.11 Å². The Balaban J connectivity index is 1.91. The van der Waals surface area contributed by atoms with Crippen molar-refractivity contribution in [2.24, 2.45) is 0 Å². The minimum Gasteiger partial charge on any atom is -0.468 e. The van der Waals surface area contributed by atoms with Crippen molar-refractivity contribution in [3.8, 4) is 15.4 Å². The van der Waals surface area contributed by atoms with Gasteiger partial charge in [-0.15, -0.1) is 21.5 Å². The first-order valence-electron chi connectivity index (χ1n) is 7.09. The molecule has 2 aromatic heterocycles. The van der Waals surface area contributed by atoms with Crippen molar-refractivity contribution in [3.05, 3.63) is 47.2 Å². The number of esters is 1. The fourth-order valence-corrected chi connectivity index (χ4v) is 4.88. The summed E-state index contributed by atoms with van der Waals surface area (Å²) < 4.78 is 7.66. The highest BCUT2D eigenvalue weighted by molar-refractivity contribution is 9.10. The van der Waals surface area contributed by atoms with E-state index in [-0.39, 0.29) is 11.2 Å². The number of hydrogen-bond acceptors (Lipinski definition) is 6. The van der Waals surface area contributed by atoms with Crippen LogP contribution in [0, 0.1) is 0 Å². The molecule has 0 saturated heterocycles. The molecule has 5 nitrogen and oxygen atoms in total. The minimum absolute atomic E-state index is 0.285. The smallest absolute Gasteiger partial charge is 0.318 e. The summed E-state index contributed by atoms with van der Waals surface area (Å²) in [6, 6.07) is 12.2. The van der Waals surface area contributed by atoms with Gasteiger partial charge in [-0.05, 0) is 34.5 Å². The Kier molecular flexibility index (Phi) is 5.37. The third-order valence-electron chi connectivity index (χ3n) is 3.28. The number of ether oxygens (including phenoxy) is 1. The van der Waals surface area contributed by atoms with E-state index in [0.29, 0.717) is 5.16 Å². The summed E-state index contributed by atoms with van der Waals surface area (Å²) in [6.45, 7) is 1.79. The van der Waals surface area contributed by atoms with Crippen molar-refractivity contribution < 1.29 is 9.53 Å². The molecule has 3 aromatic rings. The number of nitrogens with zero attached hydrogens (tertiary/aromatic N) is 3. The van der Waals surface area contributed by atoms with Gasteiger partial charge in [0.25, 0.3) is 0 Å². The molecule has 8 heteroatoms. The monoisotopic (exact) mass is 423 g/mol. The highest BCUT2D eigenvalue weighted by Crippen LogP contribution is 2.39. The zero-order chi connectivity index (χ0) is 17.1. The first kappa shape index (κ1) is 17.2. The van der Waals surface area contributed by atoms with Crippen LogP contribution in [0.3, 0.4) is 0 Å². The summed E-state index contributed by atoms with van der Waals surface area (Å²) in [6.07, 6.45) is 1.65. The molecule has 2 heterocycles. The maximum atomic E-state index is 11.6. The average molecular weight is 424 g/mol. The van der Waals surface area contributed by atoms with Gasteiger partial charge < -0.3 is 4.74 Å². The molecule has 0 amide bonds. The Morgan fingerprint density at radius 2 is 2.12 bits per heavy atom. The van der Waals surface area contributed by atoms with E-state index in [9.17, 15) is 4.79 Å². The molecule has 0 saturated carbocycles. The molecule has 1 atom stereocenters. The van der Waals surface area contributed by atoms with Crippen LogP contribution in [0.5, 0.6) is 0 Å². The van der Waals surface area contributed by atoms with Crippen molar-refractivity contribution in [3.63, 3.8) is 0 Å². The van der Waals surface area contributed by atoms with E-state index in [4.69, 9.17) is 4.74 Å². The quantitative estimate of drug-likeness (QED) is 0.449. The second kappa shape index (κ2) is 7.50. The molecule has 0 aliphatic carbocycles. The Morgan fingerprint density at radius 1 is 1.38 bits per heavy atom. The van der Waals surface area contributed by atoms with Crippen LogP contribution in [-0.4, -0.2) is 33.1 Å². The van der Waals surface area contributed by atoms with E-state index in [2.05, 4.69) is 38.3 Å². The zero-order valence-electron chi connectivity index (χ0n) is 13.0. The Bertz CT molecular complexity index is 848. The fourth-order valence-electron chi connectivity index (χ4n) is 2.09. The number of carbonyl (C=O) groups excluding carboxylic acids is 1. The maximum Gasteiger partial charge on any atom is 0.318 e. The molecule has 0 aliphatic rings. The van der Waals surface area contributed by atoms with Crippen molar-refractivity contribution >= 4 is 45.0 Å². The third-order valence-corrected chi connectivity index (χ3v) is 6.39. The van der Waals surface area contributed by atoms with Crippen LogP contribution < -0.4 is 0 Å². The first-order valence-corrected chi connectivity index (χ1v) is 9.58. The van der Waals surface area contributed by atoms with Crippen LogP contribution in [0.1, 0.15) is 6.92 Å². The molecule has 0 aliphatic heterocycles. The second-order valence-corrected chi connectivity index (χ2v) is 8.09. The summed E-state index contributed by atoms with van der Waals surface area (Å²) >= 11 is 6.58. The Labute approximate surface area is 156 Å². The molecule has 0 fully saturated rings. The lowest BCUT2D eigenvalue weighted by Gasteiger charge is -2.08. The molecule has 0 spiro atoms. The molecular weight excluding hydrogens is 410 g/mol. The van der Waals surface area contributed by atoms with Crippen LogP contribution in [-0.2, 0) is 9.53 Å². The van der Waals surface area contributed by atoms with E-state index in [1.165, 1.54) is 18.9 Å². The number of hydrogen-bond donors (Lipinski definition) is 0. The van der Waals surface area contributed by atoms with Crippen LogP contribution in [0.4, 0.5) is 0 Å².